The molecule has 1 saturated carbocycles. The molecule has 132 valence electrons. The summed E-state index contributed by atoms with van der Waals surface area (Å²) in [6, 6.07) is 10.2. The molecule has 0 aliphatic heterocycles. The molecule has 24 heavy (non-hydrogen) atoms. The second-order valence-corrected chi connectivity index (χ2v) is 6.99. The zero-order valence-corrected chi connectivity index (χ0v) is 15.1. The number of hydrogen-bond acceptors (Lipinski definition) is 2. The van der Waals surface area contributed by atoms with Gasteiger partial charge in [0.05, 0.1) is 11.8 Å². The van der Waals surface area contributed by atoms with Crippen molar-refractivity contribution in [1.29, 1.82) is 0 Å². The predicted molar refractivity (Wildman–Crippen MR) is 96.3 cm³/mol. The largest absolute Gasteiger partial charge is 0.356 e. The highest BCUT2D eigenvalue weighted by Crippen LogP contribution is 2.40. The molecule has 1 fully saturated rings. The second-order valence-electron chi connectivity index (χ2n) is 6.99. The summed E-state index contributed by atoms with van der Waals surface area (Å²) in [6.07, 6.45) is 3.98. The van der Waals surface area contributed by atoms with E-state index in [0.29, 0.717) is 13.0 Å². The number of nitrogens with zero attached hydrogens (tertiary/aromatic N) is 1. The summed E-state index contributed by atoms with van der Waals surface area (Å²) in [6.45, 7) is 7.54. The Balaban J connectivity index is 1.86. The van der Waals surface area contributed by atoms with Crippen molar-refractivity contribution in [2.24, 2.45) is 11.8 Å². The Labute approximate surface area is 145 Å². The van der Waals surface area contributed by atoms with Crippen molar-refractivity contribution in [3.63, 3.8) is 0 Å². The van der Waals surface area contributed by atoms with Crippen LogP contribution < -0.4 is 5.32 Å². The summed E-state index contributed by atoms with van der Waals surface area (Å²) < 4.78 is 0. The lowest BCUT2D eigenvalue weighted by molar-refractivity contribution is -0.136. The van der Waals surface area contributed by atoms with Crippen molar-refractivity contribution >= 4 is 11.8 Å². The molecule has 4 nitrogen and oxygen atoms in total. The number of nitrogens with one attached hydrogen (secondary N) is 1. The minimum Gasteiger partial charge on any atom is -0.356 e. The van der Waals surface area contributed by atoms with Crippen LogP contribution in [0.5, 0.6) is 0 Å². The van der Waals surface area contributed by atoms with E-state index in [9.17, 15) is 9.59 Å². The van der Waals surface area contributed by atoms with Gasteiger partial charge in [0, 0.05) is 19.1 Å². The predicted octanol–water partition coefficient (Wildman–Crippen LogP) is 3.37. The molecule has 1 aromatic carbocycles. The zero-order chi connectivity index (χ0) is 17.5. The number of carbonyl (C=O) groups excluding carboxylic acids is 2. The fourth-order valence-electron chi connectivity index (χ4n) is 2.98. The van der Waals surface area contributed by atoms with Gasteiger partial charge in [-0.05, 0) is 32.3 Å². The zero-order valence-electron chi connectivity index (χ0n) is 15.1. The van der Waals surface area contributed by atoms with Gasteiger partial charge in [-0.2, -0.15) is 0 Å². The van der Waals surface area contributed by atoms with Gasteiger partial charge < -0.3 is 10.2 Å². The van der Waals surface area contributed by atoms with Crippen LogP contribution >= 0.6 is 0 Å². The Hall–Kier alpha value is -1.84. The molecule has 2 unspecified atom stereocenters. The number of rotatable bonds is 9. The molecule has 1 aliphatic carbocycles. The van der Waals surface area contributed by atoms with E-state index >= 15 is 0 Å². The number of benzene rings is 1. The van der Waals surface area contributed by atoms with E-state index in [-0.39, 0.29) is 29.7 Å². The van der Waals surface area contributed by atoms with E-state index in [1.54, 1.807) is 0 Å². The second kappa shape index (κ2) is 8.86. The molecular weight excluding hydrogens is 300 g/mol. The quantitative estimate of drug-likeness (QED) is 0.706. The molecule has 2 atom stereocenters. The highest BCUT2D eigenvalue weighted by Gasteiger charge is 2.49. The lowest BCUT2D eigenvalue weighted by atomic mass is 10.1. The fraction of sp³-hybridized carbons (Fsp3) is 0.600. The van der Waals surface area contributed by atoms with Gasteiger partial charge in [0.15, 0.2) is 0 Å². The van der Waals surface area contributed by atoms with Gasteiger partial charge in [0.1, 0.15) is 0 Å². The molecule has 2 amide bonds. The third kappa shape index (κ3) is 5.08. The fourth-order valence-corrected chi connectivity index (χ4v) is 2.98. The maximum absolute atomic E-state index is 12.8. The van der Waals surface area contributed by atoms with E-state index in [1.807, 2.05) is 49.1 Å². The summed E-state index contributed by atoms with van der Waals surface area (Å²) in [5.41, 5.74) is 1.13. The number of unbranched alkanes of at least 4 members (excludes halogenated alkanes) is 2. The number of carbonyl (C=O) groups is 2. The molecule has 1 N–H and O–H groups in total. The van der Waals surface area contributed by atoms with Crippen LogP contribution in [0, 0.1) is 11.8 Å². The minimum atomic E-state index is -0.137. The van der Waals surface area contributed by atoms with Crippen LogP contribution in [-0.4, -0.2) is 29.3 Å². The summed E-state index contributed by atoms with van der Waals surface area (Å²) in [7, 11) is 0. The van der Waals surface area contributed by atoms with Gasteiger partial charge in [-0.3, -0.25) is 9.59 Å². The first kappa shape index (κ1) is 18.5. The molecule has 1 aromatic rings. The van der Waals surface area contributed by atoms with Crippen molar-refractivity contribution in [2.45, 2.75) is 59.0 Å². The van der Waals surface area contributed by atoms with Crippen molar-refractivity contribution in [3.8, 4) is 0 Å². The first-order valence-electron chi connectivity index (χ1n) is 9.16. The Bertz CT molecular complexity index is 542. The van der Waals surface area contributed by atoms with Gasteiger partial charge in [-0.15, -0.1) is 0 Å². The van der Waals surface area contributed by atoms with Crippen molar-refractivity contribution < 1.29 is 9.59 Å². The van der Waals surface area contributed by atoms with Gasteiger partial charge in [0.25, 0.3) is 0 Å². The van der Waals surface area contributed by atoms with Crippen LogP contribution in [0.4, 0.5) is 0 Å². The number of hydrogen-bond donors (Lipinski definition) is 1. The number of amides is 2. The first-order valence-corrected chi connectivity index (χ1v) is 9.16. The van der Waals surface area contributed by atoms with Crippen molar-refractivity contribution in [1.82, 2.24) is 10.2 Å². The molecular formula is C20H30N2O2. The van der Waals surface area contributed by atoms with Crippen molar-refractivity contribution in [3.05, 3.63) is 35.9 Å². The SMILES string of the molecule is CCCCCNC(=O)C1CC1C(=O)N(Cc1ccccc1)C(C)C. The Kier molecular flexibility index (Phi) is 6.83. The third-order valence-electron chi connectivity index (χ3n) is 4.63. The molecule has 0 aromatic heterocycles. The van der Waals surface area contributed by atoms with Gasteiger partial charge >= 0.3 is 0 Å². The molecule has 0 spiro atoms. The first-order chi connectivity index (χ1) is 11.5. The normalized spacial score (nSPS) is 19.2. The molecule has 0 saturated heterocycles. The van der Waals surface area contributed by atoms with Gasteiger partial charge in [0.2, 0.25) is 11.8 Å². The standard InChI is InChI=1S/C20H30N2O2/c1-4-5-9-12-21-19(23)17-13-18(17)20(24)22(15(2)3)14-16-10-7-6-8-11-16/h6-8,10-11,15,17-18H,4-5,9,12-14H2,1-3H3,(H,21,23). The monoisotopic (exact) mass is 330 g/mol. The average Bonchev–Trinajstić information content (AvgIpc) is 3.37. The van der Waals surface area contributed by atoms with Crippen LogP contribution in [0.2, 0.25) is 0 Å². The maximum atomic E-state index is 12.8. The lowest BCUT2D eigenvalue weighted by Gasteiger charge is -2.27. The summed E-state index contributed by atoms with van der Waals surface area (Å²) in [4.78, 5) is 26.8. The van der Waals surface area contributed by atoms with Crippen LogP contribution in [0.1, 0.15) is 52.0 Å². The maximum Gasteiger partial charge on any atom is 0.227 e. The van der Waals surface area contributed by atoms with E-state index in [1.165, 1.54) is 0 Å². The Morgan fingerprint density at radius 2 is 1.88 bits per heavy atom. The van der Waals surface area contributed by atoms with Crippen LogP contribution in [0.25, 0.3) is 0 Å². The van der Waals surface area contributed by atoms with Gasteiger partial charge in [-0.1, -0.05) is 50.1 Å². The summed E-state index contributed by atoms with van der Waals surface area (Å²) in [5, 5.41) is 2.97. The Morgan fingerprint density at radius 3 is 2.50 bits per heavy atom. The molecule has 0 bridgehead atoms. The molecule has 2 rings (SSSR count). The van der Waals surface area contributed by atoms with E-state index in [0.717, 1.165) is 31.4 Å². The molecule has 0 radical (unpaired) electrons. The molecule has 4 heteroatoms. The smallest absolute Gasteiger partial charge is 0.227 e. The lowest BCUT2D eigenvalue weighted by Crippen LogP contribution is -2.38. The van der Waals surface area contributed by atoms with E-state index in [2.05, 4.69) is 12.2 Å². The summed E-state index contributed by atoms with van der Waals surface area (Å²) in [5.74, 6) is -0.103. The Morgan fingerprint density at radius 1 is 1.17 bits per heavy atom. The highest BCUT2D eigenvalue weighted by atomic mass is 16.2. The summed E-state index contributed by atoms with van der Waals surface area (Å²) >= 11 is 0. The van der Waals surface area contributed by atoms with Crippen LogP contribution in [-0.2, 0) is 16.1 Å². The van der Waals surface area contributed by atoms with E-state index in [4.69, 9.17) is 0 Å². The van der Waals surface area contributed by atoms with Crippen LogP contribution in [0.15, 0.2) is 30.3 Å². The van der Waals surface area contributed by atoms with Crippen LogP contribution in [0.3, 0.4) is 0 Å². The van der Waals surface area contributed by atoms with E-state index < -0.39 is 0 Å². The minimum absolute atomic E-state index is 0.0490. The van der Waals surface area contributed by atoms with Gasteiger partial charge in [-0.25, -0.2) is 0 Å². The topological polar surface area (TPSA) is 49.4 Å². The average molecular weight is 330 g/mol. The third-order valence-corrected chi connectivity index (χ3v) is 4.63. The molecule has 0 heterocycles. The highest BCUT2D eigenvalue weighted by molar-refractivity contribution is 5.92. The van der Waals surface area contributed by atoms with Crippen molar-refractivity contribution in [2.75, 3.05) is 6.54 Å². The molecule has 1 aliphatic rings.